The van der Waals surface area contributed by atoms with Gasteiger partial charge in [-0.25, -0.2) is 0 Å². The first-order chi connectivity index (χ1) is 11.5. The SMILES string of the molecule is Cc1occc1-c1nnc(SCC(=O)N2[C@H](C)CCC[C@@H]2C)n1C. The lowest BCUT2D eigenvalue weighted by Crippen LogP contribution is -2.48. The van der Waals surface area contributed by atoms with E-state index in [0.717, 1.165) is 35.1 Å². The number of aryl methyl sites for hydroxylation is 1. The van der Waals surface area contributed by atoms with Crippen LogP contribution in [0.3, 0.4) is 0 Å². The number of hydrogen-bond donors (Lipinski definition) is 0. The van der Waals surface area contributed by atoms with Crippen molar-refractivity contribution >= 4 is 17.7 Å². The van der Waals surface area contributed by atoms with E-state index in [1.54, 1.807) is 6.26 Å². The maximum absolute atomic E-state index is 12.6. The monoisotopic (exact) mass is 348 g/mol. The molecule has 7 heteroatoms. The number of aromatic nitrogens is 3. The van der Waals surface area contributed by atoms with Crippen molar-refractivity contribution in [1.82, 2.24) is 19.7 Å². The van der Waals surface area contributed by atoms with E-state index in [4.69, 9.17) is 4.42 Å². The van der Waals surface area contributed by atoms with Gasteiger partial charge < -0.3 is 13.9 Å². The second-order valence-electron chi connectivity index (χ2n) is 6.47. The Labute approximate surface area is 146 Å². The van der Waals surface area contributed by atoms with Crippen molar-refractivity contribution in [1.29, 1.82) is 0 Å². The van der Waals surface area contributed by atoms with Crippen LogP contribution in [-0.2, 0) is 11.8 Å². The number of thioether (sulfide) groups is 1. The molecule has 0 aromatic carbocycles. The van der Waals surface area contributed by atoms with Crippen molar-refractivity contribution in [3.8, 4) is 11.4 Å². The van der Waals surface area contributed by atoms with E-state index in [0.29, 0.717) is 17.8 Å². The molecule has 24 heavy (non-hydrogen) atoms. The van der Waals surface area contributed by atoms with Crippen LogP contribution >= 0.6 is 11.8 Å². The number of piperidine rings is 1. The van der Waals surface area contributed by atoms with Crippen molar-refractivity contribution in [2.75, 3.05) is 5.75 Å². The van der Waals surface area contributed by atoms with Gasteiger partial charge in [-0.3, -0.25) is 4.79 Å². The minimum atomic E-state index is 0.184. The molecule has 3 rings (SSSR count). The Balaban J connectivity index is 1.68. The summed E-state index contributed by atoms with van der Waals surface area (Å²) in [4.78, 5) is 14.7. The van der Waals surface area contributed by atoms with E-state index < -0.39 is 0 Å². The Morgan fingerprint density at radius 3 is 2.67 bits per heavy atom. The zero-order chi connectivity index (χ0) is 17.3. The third-order valence-corrected chi connectivity index (χ3v) is 5.75. The molecule has 1 fully saturated rings. The largest absolute Gasteiger partial charge is 0.469 e. The molecule has 0 radical (unpaired) electrons. The summed E-state index contributed by atoms with van der Waals surface area (Å²) in [6.07, 6.45) is 5.04. The average molecular weight is 348 g/mol. The summed E-state index contributed by atoms with van der Waals surface area (Å²) < 4.78 is 7.25. The molecule has 1 aliphatic heterocycles. The van der Waals surface area contributed by atoms with Crippen LogP contribution in [0.5, 0.6) is 0 Å². The number of rotatable bonds is 4. The van der Waals surface area contributed by atoms with Crippen LogP contribution in [-0.4, -0.2) is 43.4 Å². The smallest absolute Gasteiger partial charge is 0.233 e. The molecule has 2 atom stereocenters. The van der Waals surface area contributed by atoms with Gasteiger partial charge in [-0.2, -0.15) is 0 Å². The van der Waals surface area contributed by atoms with Gasteiger partial charge in [-0.05, 0) is 46.1 Å². The van der Waals surface area contributed by atoms with Crippen LogP contribution < -0.4 is 0 Å². The zero-order valence-electron chi connectivity index (χ0n) is 14.7. The molecule has 130 valence electrons. The fourth-order valence-electron chi connectivity index (χ4n) is 3.41. The van der Waals surface area contributed by atoms with Crippen LogP contribution in [0.25, 0.3) is 11.4 Å². The van der Waals surface area contributed by atoms with Gasteiger partial charge in [0, 0.05) is 19.1 Å². The molecule has 2 aromatic heterocycles. The summed E-state index contributed by atoms with van der Waals surface area (Å²) >= 11 is 1.44. The molecule has 6 nitrogen and oxygen atoms in total. The third kappa shape index (κ3) is 3.22. The molecule has 1 aliphatic rings. The predicted octanol–water partition coefficient (Wildman–Crippen LogP) is 3.27. The highest BCUT2D eigenvalue weighted by Crippen LogP contribution is 2.27. The van der Waals surface area contributed by atoms with Gasteiger partial charge in [0.15, 0.2) is 11.0 Å². The van der Waals surface area contributed by atoms with E-state index in [1.807, 2.05) is 29.5 Å². The van der Waals surface area contributed by atoms with Crippen molar-refractivity contribution in [3.63, 3.8) is 0 Å². The summed E-state index contributed by atoms with van der Waals surface area (Å²) in [6, 6.07) is 2.53. The number of carbonyl (C=O) groups is 1. The number of carbonyl (C=O) groups excluding carboxylic acids is 1. The highest BCUT2D eigenvalue weighted by atomic mass is 32.2. The van der Waals surface area contributed by atoms with Crippen LogP contribution in [0.2, 0.25) is 0 Å². The first-order valence-electron chi connectivity index (χ1n) is 8.37. The normalized spacial score (nSPS) is 21.2. The number of likely N-dealkylation sites (tertiary alicyclic amines) is 1. The van der Waals surface area contributed by atoms with Crippen molar-refractivity contribution in [2.45, 2.75) is 57.3 Å². The molecule has 2 aromatic rings. The van der Waals surface area contributed by atoms with E-state index >= 15 is 0 Å². The molecule has 0 N–H and O–H groups in total. The Hall–Kier alpha value is -1.76. The second-order valence-corrected chi connectivity index (χ2v) is 7.42. The van der Waals surface area contributed by atoms with Crippen molar-refractivity contribution in [2.24, 2.45) is 7.05 Å². The van der Waals surface area contributed by atoms with Crippen LogP contribution in [0.1, 0.15) is 38.9 Å². The highest BCUT2D eigenvalue weighted by molar-refractivity contribution is 7.99. The molecule has 0 unspecified atom stereocenters. The van der Waals surface area contributed by atoms with Gasteiger partial charge in [0.1, 0.15) is 5.76 Å². The third-order valence-electron chi connectivity index (χ3n) is 4.74. The number of nitrogens with zero attached hydrogens (tertiary/aromatic N) is 4. The molecule has 0 saturated carbocycles. The lowest BCUT2D eigenvalue weighted by molar-refractivity contribution is -0.134. The quantitative estimate of drug-likeness (QED) is 0.794. The number of furan rings is 1. The number of hydrogen-bond acceptors (Lipinski definition) is 5. The molecule has 1 amide bonds. The molecule has 0 bridgehead atoms. The van der Waals surface area contributed by atoms with Gasteiger partial charge >= 0.3 is 0 Å². The summed E-state index contributed by atoms with van der Waals surface area (Å²) in [5.74, 6) is 2.15. The minimum Gasteiger partial charge on any atom is -0.469 e. The van der Waals surface area contributed by atoms with Crippen LogP contribution in [0, 0.1) is 6.92 Å². The minimum absolute atomic E-state index is 0.184. The lowest BCUT2D eigenvalue weighted by atomic mass is 9.98. The maximum atomic E-state index is 12.6. The van der Waals surface area contributed by atoms with Gasteiger partial charge in [0.2, 0.25) is 5.91 Å². The molecule has 0 spiro atoms. The topological polar surface area (TPSA) is 64.2 Å². The fourth-order valence-corrected chi connectivity index (χ4v) is 4.19. The Kier molecular flexibility index (Phi) is 4.99. The van der Waals surface area contributed by atoms with Gasteiger partial charge in [0.25, 0.3) is 0 Å². The van der Waals surface area contributed by atoms with Crippen molar-refractivity contribution < 1.29 is 9.21 Å². The van der Waals surface area contributed by atoms with Gasteiger partial charge in [-0.1, -0.05) is 11.8 Å². The van der Waals surface area contributed by atoms with Crippen LogP contribution in [0.15, 0.2) is 21.9 Å². The van der Waals surface area contributed by atoms with E-state index in [-0.39, 0.29) is 5.91 Å². The number of amides is 1. The van der Waals surface area contributed by atoms with E-state index in [2.05, 4.69) is 24.0 Å². The summed E-state index contributed by atoms with van der Waals surface area (Å²) in [5, 5.41) is 9.22. The average Bonchev–Trinajstić information content (AvgIpc) is 3.11. The highest BCUT2D eigenvalue weighted by Gasteiger charge is 2.29. The van der Waals surface area contributed by atoms with Gasteiger partial charge in [0.05, 0.1) is 17.6 Å². The standard InChI is InChI=1S/C17H24N4O2S/c1-11-6-5-7-12(2)21(11)15(22)10-24-17-19-18-16(20(17)4)14-8-9-23-13(14)3/h8-9,11-12H,5-7,10H2,1-4H3/t11-,12+. The molecule has 1 saturated heterocycles. The Bertz CT molecular complexity index is 714. The summed E-state index contributed by atoms with van der Waals surface area (Å²) in [7, 11) is 1.92. The fraction of sp³-hybridized carbons (Fsp3) is 0.588. The van der Waals surface area contributed by atoms with E-state index in [9.17, 15) is 4.79 Å². The molecule has 0 aliphatic carbocycles. The molecule has 3 heterocycles. The maximum Gasteiger partial charge on any atom is 0.233 e. The first-order valence-corrected chi connectivity index (χ1v) is 9.35. The molecular weight excluding hydrogens is 324 g/mol. The second kappa shape index (κ2) is 7.01. The Morgan fingerprint density at radius 2 is 2.04 bits per heavy atom. The first kappa shape index (κ1) is 17.1. The van der Waals surface area contributed by atoms with Gasteiger partial charge in [-0.15, -0.1) is 10.2 Å². The summed E-state index contributed by atoms with van der Waals surface area (Å²) in [5.41, 5.74) is 0.932. The summed E-state index contributed by atoms with van der Waals surface area (Å²) in [6.45, 7) is 6.18. The lowest BCUT2D eigenvalue weighted by Gasteiger charge is -2.39. The Morgan fingerprint density at radius 1 is 1.33 bits per heavy atom. The van der Waals surface area contributed by atoms with Crippen LogP contribution in [0.4, 0.5) is 0 Å². The zero-order valence-corrected chi connectivity index (χ0v) is 15.5. The predicted molar refractivity (Wildman–Crippen MR) is 93.8 cm³/mol. The van der Waals surface area contributed by atoms with Crippen molar-refractivity contribution in [3.05, 3.63) is 18.1 Å². The van der Waals surface area contributed by atoms with E-state index in [1.165, 1.54) is 18.2 Å². The molecular formula is C17H24N4O2S.